The zero-order valence-electron chi connectivity index (χ0n) is 6.24. The molecule has 0 saturated heterocycles. The summed E-state index contributed by atoms with van der Waals surface area (Å²) in [5.74, 6) is 0. The van der Waals surface area contributed by atoms with Crippen molar-refractivity contribution in [3.8, 4) is 10.6 Å². The fourth-order valence-corrected chi connectivity index (χ4v) is 1.90. The van der Waals surface area contributed by atoms with Gasteiger partial charge in [-0.25, -0.2) is 0 Å². The summed E-state index contributed by atoms with van der Waals surface area (Å²) in [6, 6.07) is 1.88. The molecule has 2 aromatic rings. The summed E-state index contributed by atoms with van der Waals surface area (Å²) in [7, 11) is 0. The number of hydrogen-bond donors (Lipinski definition) is 0. The molecule has 0 aromatic carbocycles. The first kappa shape index (κ1) is 8.95. The van der Waals surface area contributed by atoms with Crippen LogP contribution in [0.25, 0.3) is 10.6 Å². The van der Waals surface area contributed by atoms with Gasteiger partial charge < -0.3 is 0 Å². The minimum absolute atomic E-state index is 0.520. The highest BCUT2D eigenvalue weighted by Crippen LogP contribution is 2.22. The lowest BCUT2D eigenvalue weighted by molar-refractivity contribution is 0.601. The molecule has 2 aromatic heterocycles. The first-order valence-corrected chi connectivity index (χ1v) is 5.25. The molecule has 0 bridgehead atoms. The Bertz CT molecular complexity index is 431. The van der Waals surface area contributed by atoms with Crippen molar-refractivity contribution >= 4 is 33.9 Å². The molecule has 2 heterocycles. The lowest BCUT2D eigenvalue weighted by Gasteiger charge is -1.93. The lowest BCUT2D eigenvalue weighted by Crippen LogP contribution is -1.81. The number of hydrogen-bond acceptors (Lipinski definition) is 4. The second-order valence-electron chi connectivity index (χ2n) is 2.25. The minimum Gasteiger partial charge on any atom is -0.263 e. The van der Waals surface area contributed by atoms with Crippen LogP contribution >= 0.6 is 33.9 Å². The van der Waals surface area contributed by atoms with Gasteiger partial charge in [-0.1, -0.05) is 11.3 Å². The lowest BCUT2D eigenvalue weighted by atomic mass is 10.3. The van der Waals surface area contributed by atoms with Crippen molar-refractivity contribution < 1.29 is 4.39 Å². The Labute approximate surface area is 91.2 Å². The molecule has 0 aliphatic heterocycles. The average Bonchev–Trinajstić information content (AvgIpc) is 2.52. The van der Waals surface area contributed by atoms with Crippen molar-refractivity contribution in [2.75, 3.05) is 0 Å². The number of pyridine rings is 1. The Morgan fingerprint density at radius 3 is 2.77 bits per heavy atom. The highest BCUT2D eigenvalue weighted by atomic mass is 127. The Balaban J connectivity index is 2.46. The number of halogens is 2. The molecule has 3 nitrogen and oxygen atoms in total. The molecular formula is C7H3FIN3S. The first-order valence-electron chi connectivity index (χ1n) is 3.35. The van der Waals surface area contributed by atoms with E-state index in [2.05, 4.69) is 37.8 Å². The third-order valence-corrected chi connectivity index (χ3v) is 2.70. The van der Waals surface area contributed by atoms with E-state index < -0.39 is 5.26 Å². The number of aromatic nitrogens is 3. The molecule has 2 rings (SSSR count). The van der Waals surface area contributed by atoms with Crippen LogP contribution in [0.15, 0.2) is 18.5 Å². The number of rotatable bonds is 1. The summed E-state index contributed by atoms with van der Waals surface area (Å²) < 4.78 is 13.5. The molecule has 6 heteroatoms. The largest absolute Gasteiger partial charge is 0.289 e. The quantitative estimate of drug-likeness (QED) is 0.759. The SMILES string of the molecule is Fc1nnc(-c2cncc(I)c2)s1. The van der Waals surface area contributed by atoms with Gasteiger partial charge in [0.25, 0.3) is 5.26 Å². The van der Waals surface area contributed by atoms with E-state index in [0.717, 1.165) is 20.5 Å². The Kier molecular flexibility index (Phi) is 2.49. The van der Waals surface area contributed by atoms with Crippen molar-refractivity contribution in [3.63, 3.8) is 0 Å². The normalized spacial score (nSPS) is 10.3. The van der Waals surface area contributed by atoms with Gasteiger partial charge in [0.1, 0.15) is 0 Å². The van der Waals surface area contributed by atoms with E-state index in [1.165, 1.54) is 0 Å². The molecule has 0 spiro atoms. The smallest absolute Gasteiger partial charge is 0.263 e. The molecule has 0 atom stereocenters. The highest BCUT2D eigenvalue weighted by Gasteiger charge is 2.05. The van der Waals surface area contributed by atoms with E-state index in [0.29, 0.717) is 5.01 Å². The third-order valence-electron chi connectivity index (χ3n) is 1.35. The van der Waals surface area contributed by atoms with E-state index in [9.17, 15) is 4.39 Å². The Morgan fingerprint density at radius 1 is 1.31 bits per heavy atom. The molecule has 66 valence electrons. The maximum absolute atomic E-state index is 12.5. The van der Waals surface area contributed by atoms with Crippen molar-refractivity contribution in [1.82, 2.24) is 15.2 Å². The van der Waals surface area contributed by atoms with Crippen LogP contribution in [-0.2, 0) is 0 Å². The van der Waals surface area contributed by atoms with Gasteiger partial charge in [-0.05, 0) is 28.7 Å². The van der Waals surface area contributed by atoms with Crippen LogP contribution < -0.4 is 0 Å². The molecule has 0 fully saturated rings. The summed E-state index contributed by atoms with van der Waals surface area (Å²) in [6.45, 7) is 0. The van der Waals surface area contributed by atoms with Crippen molar-refractivity contribution in [2.45, 2.75) is 0 Å². The van der Waals surface area contributed by atoms with Gasteiger partial charge in [0.15, 0.2) is 5.01 Å². The van der Waals surface area contributed by atoms with Crippen molar-refractivity contribution in [3.05, 3.63) is 27.3 Å². The van der Waals surface area contributed by atoms with Crippen molar-refractivity contribution in [2.24, 2.45) is 0 Å². The van der Waals surface area contributed by atoms with Crippen LogP contribution in [0.4, 0.5) is 4.39 Å². The molecule has 0 aliphatic rings. The number of nitrogens with zero attached hydrogens (tertiary/aromatic N) is 3. The van der Waals surface area contributed by atoms with Gasteiger partial charge in [-0.2, -0.15) is 4.39 Å². The predicted octanol–water partition coefficient (Wildman–Crippen LogP) is 2.34. The third kappa shape index (κ3) is 1.99. The van der Waals surface area contributed by atoms with E-state index >= 15 is 0 Å². The van der Waals surface area contributed by atoms with Crippen LogP contribution in [0, 0.1) is 8.83 Å². The molecular weight excluding hydrogens is 304 g/mol. The van der Waals surface area contributed by atoms with Gasteiger partial charge >= 0.3 is 0 Å². The fourth-order valence-electron chi connectivity index (χ4n) is 0.851. The monoisotopic (exact) mass is 307 g/mol. The van der Waals surface area contributed by atoms with Gasteiger partial charge in [-0.15, -0.1) is 10.2 Å². The fraction of sp³-hybridized carbons (Fsp3) is 0. The van der Waals surface area contributed by atoms with E-state index in [1.807, 2.05) is 6.07 Å². The van der Waals surface area contributed by atoms with Crippen LogP contribution in [0.3, 0.4) is 0 Å². The molecule has 0 amide bonds. The molecule has 0 radical (unpaired) electrons. The summed E-state index contributed by atoms with van der Waals surface area (Å²) in [5, 5.41) is 7.01. The second kappa shape index (κ2) is 3.62. The second-order valence-corrected chi connectivity index (χ2v) is 4.43. The van der Waals surface area contributed by atoms with Gasteiger partial charge in [0.2, 0.25) is 0 Å². The van der Waals surface area contributed by atoms with Crippen LogP contribution in [0.5, 0.6) is 0 Å². The Morgan fingerprint density at radius 2 is 2.15 bits per heavy atom. The topological polar surface area (TPSA) is 38.7 Å². The summed E-state index contributed by atoms with van der Waals surface area (Å²) in [6.07, 6.45) is 3.36. The van der Waals surface area contributed by atoms with Gasteiger partial charge in [-0.3, -0.25) is 4.98 Å². The maximum Gasteiger partial charge on any atom is 0.289 e. The maximum atomic E-state index is 12.5. The van der Waals surface area contributed by atoms with Crippen LogP contribution in [0.2, 0.25) is 0 Å². The van der Waals surface area contributed by atoms with Gasteiger partial charge in [0.05, 0.1) is 0 Å². The standard InChI is InChI=1S/C7H3FIN3S/c8-7-12-11-6(13-7)4-1-5(9)3-10-2-4/h1-3H. The molecule has 0 aliphatic carbocycles. The minimum atomic E-state index is -0.520. The van der Waals surface area contributed by atoms with Crippen molar-refractivity contribution in [1.29, 1.82) is 0 Å². The predicted molar refractivity (Wildman–Crippen MR) is 55.8 cm³/mol. The summed E-state index contributed by atoms with van der Waals surface area (Å²) in [5.41, 5.74) is 0.799. The molecule has 0 N–H and O–H groups in total. The zero-order valence-corrected chi connectivity index (χ0v) is 9.21. The summed E-state index contributed by atoms with van der Waals surface area (Å²) in [4.78, 5) is 3.98. The zero-order chi connectivity index (χ0) is 9.26. The molecule has 13 heavy (non-hydrogen) atoms. The van der Waals surface area contributed by atoms with E-state index in [1.54, 1.807) is 12.4 Å². The average molecular weight is 307 g/mol. The summed E-state index contributed by atoms with van der Waals surface area (Å²) >= 11 is 3.06. The first-order chi connectivity index (χ1) is 6.25. The van der Waals surface area contributed by atoms with Crippen LogP contribution in [0.1, 0.15) is 0 Å². The van der Waals surface area contributed by atoms with Gasteiger partial charge in [0, 0.05) is 21.5 Å². The van der Waals surface area contributed by atoms with Crippen LogP contribution in [-0.4, -0.2) is 15.2 Å². The molecule has 0 saturated carbocycles. The van der Waals surface area contributed by atoms with E-state index in [4.69, 9.17) is 0 Å². The van der Waals surface area contributed by atoms with E-state index in [-0.39, 0.29) is 0 Å². The molecule has 0 unspecified atom stereocenters. The Hall–Kier alpha value is -0.630. The highest BCUT2D eigenvalue weighted by molar-refractivity contribution is 14.1.